The Hall–Kier alpha value is -0.890. The molecule has 0 bridgehead atoms. The molecule has 0 saturated heterocycles. The Morgan fingerprint density at radius 2 is 2.07 bits per heavy atom. The summed E-state index contributed by atoms with van der Waals surface area (Å²) in [7, 11) is 0. The molecular weight excluding hydrogens is 198 g/mol. The number of halogens is 1. The van der Waals surface area contributed by atoms with Crippen LogP contribution in [0, 0.1) is 5.92 Å². The van der Waals surface area contributed by atoms with E-state index < -0.39 is 0 Å². The summed E-state index contributed by atoms with van der Waals surface area (Å²) in [5, 5.41) is 0.577. The van der Waals surface area contributed by atoms with E-state index in [0.29, 0.717) is 10.7 Å². The monoisotopic (exact) mass is 209 g/mol. The molecule has 1 fully saturated rings. The van der Waals surface area contributed by atoms with Gasteiger partial charge in [-0.2, -0.15) is 0 Å². The fraction of sp³-hybridized carbons (Fsp3) is 0.455. The Balaban J connectivity index is 2.14. The number of carbonyl (C=O) groups is 1. The van der Waals surface area contributed by atoms with Gasteiger partial charge in [0.05, 0.1) is 5.02 Å². The summed E-state index contributed by atoms with van der Waals surface area (Å²) in [6.45, 7) is 0. The molecule has 1 aliphatic rings. The van der Waals surface area contributed by atoms with Crippen molar-refractivity contribution in [2.45, 2.75) is 25.7 Å². The number of aromatic nitrogens is 1. The van der Waals surface area contributed by atoms with E-state index in [0.717, 1.165) is 12.8 Å². The minimum absolute atomic E-state index is 0.180. The molecule has 0 atom stereocenters. The molecule has 1 heterocycles. The maximum atomic E-state index is 11.9. The summed E-state index contributed by atoms with van der Waals surface area (Å²) in [6, 6.07) is 3.43. The maximum Gasteiger partial charge on any atom is 0.184 e. The smallest absolute Gasteiger partial charge is 0.184 e. The van der Waals surface area contributed by atoms with Crippen molar-refractivity contribution >= 4 is 17.4 Å². The first-order chi connectivity index (χ1) is 6.77. The molecule has 0 aromatic carbocycles. The SMILES string of the molecule is O=C(c1ccc(Cl)cn1)C1CCCC1. The van der Waals surface area contributed by atoms with Gasteiger partial charge in [-0.05, 0) is 25.0 Å². The molecule has 14 heavy (non-hydrogen) atoms. The molecule has 0 unspecified atom stereocenters. The van der Waals surface area contributed by atoms with Gasteiger partial charge in [-0.25, -0.2) is 0 Å². The van der Waals surface area contributed by atoms with Crippen LogP contribution < -0.4 is 0 Å². The topological polar surface area (TPSA) is 30.0 Å². The van der Waals surface area contributed by atoms with Crippen LogP contribution in [0.1, 0.15) is 36.2 Å². The van der Waals surface area contributed by atoms with Crippen molar-refractivity contribution in [3.63, 3.8) is 0 Å². The molecule has 74 valence electrons. The third-order valence-corrected chi connectivity index (χ3v) is 2.93. The summed E-state index contributed by atoms with van der Waals surface area (Å²) in [5.74, 6) is 0.378. The Kier molecular flexibility index (Phi) is 2.82. The molecule has 2 rings (SSSR count). The normalized spacial score (nSPS) is 17.2. The average Bonchev–Trinajstić information content (AvgIpc) is 2.71. The Labute approximate surface area is 88.3 Å². The summed E-state index contributed by atoms with van der Waals surface area (Å²) in [4.78, 5) is 15.9. The van der Waals surface area contributed by atoms with Crippen LogP contribution in [-0.4, -0.2) is 10.8 Å². The van der Waals surface area contributed by atoms with Crippen molar-refractivity contribution in [2.75, 3.05) is 0 Å². The molecule has 2 nitrogen and oxygen atoms in total. The third kappa shape index (κ3) is 1.95. The van der Waals surface area contributed by atoms with Crippen LogP contribution in [0.2, 0.25) is 5.02 Å². The highest BCUT2D eigenvalue weighted by Crippen LogP contribution is 2.27. The Morgan fingerprint density at radius 1 is 1.36 bits per heavy atom. The van der Waals surface area contributed by atoms with E-state index in [4.69, 9.17) is 11.6 Å². The summed E-state index contributed by atoms with van der Waals surface area (Å²) >= 11 is 5.70. The van der Waals surface area contributed by atoms with Crippen LogP contribution >= 0.6 is 11.6 Å². The molecule has 0 spiro atoms. The Morgan fingerprint density at radius 3 is 2.64 bits per heavy atom. The van der Waals surface area contributed by atoms with Crippen molar-refractivity contribution in [3.8, 4) is 0 Å². The second kappa shape index (κ2) is 4.09. The molecule has 0 aliphatic heterocycles. The second-order valence-electron chi connectivity index (χ2n) is 3.71. The van der Waals surface area contributed by atoms with Gasteiger partial charge in [0.25, 0.3) is 0 Å². The zero-order chi connectivity index (χ0) is 9.97. The highest BCUT2D eigenvalue weighted by molar-refractivity contribution is 6.30. The van der Waals surface area contributed by atoms with Crippen molar-refractivity contribution in [1.82, 2.24) is 4.98 Å². The summed E-state index contributed by atoms with van der Waals surface area (Å²) < 4.78 is 0. The predicted molar refractivity (Wildman–Crippen MR) is 55.5 cm³/mol. The van der Waals surface area contributed by atoms with E-state index in [9.17, 15) is 4.79 Å². The molecule has 1 saturated carbocycles. The van der Waals surface area contributed by atoms with Crippen molar-refractivity contribution in [3.05, 3.63) is 29.0 Å². The summed E-state index contributed by atoms with van der Waals surface area (Å²) in [5.41, 5.74) is 0.557. The zero-order valence-corrected chi connectivity index (χ0v) is 8.63. The van der Waals surface area contributed by atoms with Gasteiger partial charge in [-0.1, -0.05) is 24.4 Å². The lowest BCUT2D eigenvalue weighted by atomic mass is 10.00. The van der Waals surface area contributed by atoms with Crippen LogP contribution in [0.5, 0.6) is 0 Å². The van der Waals surface area contributed by atoms with Crippen LogP contribution in [0.15, 0.2) is 18.3 Å². The molecule has 0 amide bonds. The van der Waals surface area contributed by atoms with Gasteiger partial charge < -0.3 is 0 Å². The van der Waals surface area contributed by atoms with Gasteiger partial charge in [0.2, 0.25) is 0 Å². The minimum atomic E-state index is 0.180. The molecule has 1 aliphatic carbocycles. The van der Waals surface area contributed by atoms with Crippen LogP contribution in [0.3, 0.4) is 0 Å². The van der Waals surface area contributed by atoms with Crippen molar-refractivity contribution in [1.29, 1.82) is 0 Å². The van der Waals surface area contributed by atoms with E-state index in [2.05, 4.69) is 4.98 Å². The first-order valence-corrected chi connectivity index (χ1v) is 5.31. The average molecular weight is 210 g/mol. The minimum Gasteiger partial charge on any atom is -0.292 e. The highest BCUT2D eigenvalue weighted by atomic mass is 35.5. The molecule has 1 aromatic rings. The quantitative estimate of drug-likeness (QED) is 0.701. The highest BCUT2D eigenvalue weighted by Gasteiger charge is 2.24. The predicted octanol–water partition coefficient (Wildman–Crippen LogP) is 3.11. The summed E-state index contributed by atoms with van der Waals surface area (Å²) in [6.07, 6.45) is 5.91. The molecular formula is C11H12ClNO. The number of carbonyl (C=O) groups excluding carboxylic acids is 1. The van der Waals surface area contributed by atoms with E-state index in [1.54, 1.807) is 12.1 Å². The standard InChI is InChI=1S/C11H12ClNO/c12-9-5-6-10(13-7-9)11(14)8-3-1-2-4-8/h5-8H,1-4H2. The van der Waals surface area contributed by atoms with Gasteiger partial charge in [-0.15, -0.1) is 0 Å². The third-order valence-electron chi connectivity index (χ3n) is 2.71. The second-order valence-corrected chi connectivity index (χ2v) is 4.14. The molecule has 0 radical (unpaired) electrons. The lowest BCUT2D eigenvalue weighted by molar-refractivity contribution is 0.0918. The van der Waals surface area contributed by atoms with Gasteiger partial charge in [0, 0.05) is 12.1 Å². The largest absolute Gasteiger partial charge is 0.292 e. The van der Waals surface area contributed by atoms with Crippen LogP contribution in [-0.2, 0) is 0 Å². The van der Waals surface area contributed by atoms with Crippen molar-refractivity contribution < 1.29 is 4.79 Å². The van der Waals surface area contributed by atoms with Gasteiger partial charge in [-0.3, -0.25) is 9.78 Å². The number of ketones is 1. The van der Waals surface area contributed by atoms with Gasteiger partial charge in [0.1, 0.15) is 5.69 Å². The number of hydrogen-bond acceptors (Lipinski definition) is 2. The van der Waals surface area contributed by atoms with E-state index in [1.807, 2.05) is 0 Å². The number of nitrogens with zero attached hydrogens (tertiary/aromatic N) is 1. The zero-order valence-electron chi connectivity index (χ0n) is 7.87. The fourth-order valence-corrected chi connectivity index (χ4v) is 2.03. The molecule has 1 aromatic heterocycles. The lowest BCUT2D eigenvalue weighted by Crippen LogP contribution is -2.12. The van der Waals surface area contributed by atoms with Gasteiger partial charge >= 0.3 is 0 Å². The lowest BCUT2D eigenvalue weighted by Gasteiger charge is -2.06. The number of pyridine rings is 1. The van der Waals surface area contributed by atoms with E-state index in [-0.39, 0.29) is 11.7 Å². The van der Waals surface area contributed by atoms with Crippen LogP contribution in [0.25, 0.3) is 0 Å². The maximum absolute atomic E-state index is 11.9. The number of Topliss-reactive ketones (excluding diaryl/α,β-unsaturated/α-hetero) is 1. The van der Waals surface area contributed by atoms with Crippen LogP contribution in [0.4, 0.5) is 0 Å². The molecule has 3 heteroatoms. The number of hydrogen-bond donors (Lipinski definition) is 0. The molecule has 0 N–H and O–H groups in total. The van der Waals surface area contributed by atoms with E-state index in [1.165, 1.54) is 19.0 Å². The fourth-order valence-electron chi connectivity index (χ4n) is 1.92. The first kappa shape index (κ1) is 9.66. The Bertz CT molecular complexity index is 328. The van der Waals surface area contributed by atoms with Crippen molar-refractivity contribution in [2.24, 2.45) is 5.92 Å². The number of rotatable bonds is 2. The first-order valence-electron chi connectivity index (χ1n) is 4.93. The van der Waals surface area contributed by atoms with Gasteiger partial charge in [0.15, 0.2) is 5.78 Å². The van der Waals surface area contributed by atoms with E-state index >= 15 is 0 Å².